The summed E-state index contributed by atoms with van der Waals surface area (Å²) in [4.78, 5) is 0. The zero-order chi connectivity index (χ0) is 24.2. The molecule has 198 valence electrons. The maximum absolute atomic E-state index is 15.2. The van der Waals surface area contributed by atoms with Gasteiger partial charge in [-0.2, -0.15) is 0 Å². The Kier molecular flexibility index (Phi) is 10.3. The summed E-state index contributed by atoms with van der Waals surface area (Å²) in [7, 11) is 0. The average Bonchev–Trinajstić information content (AvgIpc) is 2.85. The molecule has 0 bridgehead atoms. The molecule has 0 aromatic rings. The maximum atomic E-state index is 15.2. The van der Waals surface area contributed by atoms with Crippen molar-refractivity contribution in [2.75, 3.05) is 0 Å². The van der Waals surface area contributed by atoms with Crippen LogP contribution in [0.15, 0.2) is 0 Å². The summed E-state index contributed by atoms with van der Waals surface area (Å²) in [5, 5.41) is 0. The Morgan fingerprint density at radius 2 is 1.03 bits per heavy atom. The molecule has 0 saturated heterocycles. The lowest BCUT2D eigenvalue weighted by molar-refractivity contribution is -0.0167. The van der Waals surface area contributed by atoms with Crippen LogP contribution in [0.2, 0.25) is 0 Å². The molecule has 5 heteroatoms. The van der Waals surface area contributed by atoms with Crippen molar-refractivity contribution in [2.45, 2.75) is 138 Å². The third-order valence-electron chi connectivity index (χ3n) is 10.5. The molecule has 0 spiro atoms. The van der Waals surface area contributed by atoms with Gasteiger partial charge in [-0.25, -0.2) is 17.6 Å². The maximum Gasteiger partial charge on any atom is 0.143 e. The molecule has 6 unspecified atom stereocenters. The van der Waals surface area contributed by atoms with E-state index in [0.29, 0.717) is 17.8 Å². The summed E-state index contributed by atoms with van der Waals surface area (Å²) < 4.78 is 59.0. The van der Waals surface area contributed by atoms with Gasteiger partial charge >= 0.3 is 0 Å². The first-order valence-electron chi connectivity index (χ1n) is 14.6. The van der Waals surface area contributed by atoms with E-state index >= 15 is 8.78 Å². The van der Waals surface area contributed by atoms with E-state index in [2.05, 4.69) is 29.5 Å². The van der Waals surface area contributed by atoms with Gasteiger partial charge in [-0.1, -0.05) is 74.5 Å². The van der Waals surface area contributed by atoms with Gasteiger partial charge in [-0.15, -0.1) is 0 Å². The van der Waals surface area contributed by atoms with Crippen molar-refractivity contribution < 1.29 is 17.6 Å². The minimum atomic E-state index is -1.31. The van der Waals surface area contributed by atoms with Gasteiger partial charge in [0, 0.05) is 3.92 Å². The van der Waals surface area contributed by atoms with Crippen molar-refractivity contribution >= 4 is 22.6 Å². The van der Waals surface area contributed by atoms with Crippen molar-refractivity contribution in [3.8, 4) is 0 Å². The molecule has 0 radical (unpaired) electrons. The van der Waals surface area contributed by atoms with Crippen LogP contribution in [0.5, 0.6) is 0 Å². The number of hydrogen-bond donors (Lipinski definition) is 0. The minimum Gasteiger partial charge on any atom is -0.244 e. The van der Waals surface area contributed by atoms with Crippen molar-refractivity contribution in [1.82, 2.24) is 0 Å². The van der Waals surface area contributed by atoms with Crippen molar-refractivity contribution in [3.05, 3.63) is 0 Å². The van der Waals surface area contributed by atoms with Crippen LogP contribution in [0.3, 0.4) is 0 Å². The molecular formula is C29H47F4I. The lowest BCUT2D eigenvalue weighted by atomic mass is 9.66. The van der Waals surface area contributed by atoms with E-state index in [-0.39, 0.29) is 21.7 Å². The predicted octanol–water partition coefficient (Wildman–Crippen LogP) is 9.77. The predicted molar refractivity (Wildman–Crippen MR) is 141 cm³/mol. The molecule has 0 amide bonds. The molecule has 0 aromatic heterocycles. The molecular weight excluding hydrogens is 551 g/mol. The van der Waals surface area contributed by atoms with Crippen molar-refractivity contribution in [1.29, 1.82) is 0 Å². The minimum absolute atomic E-state index is 0.0603. The zero-order valence-electron chi connectivity index (χ0n) is 21.1. The third kappa shape index (κ3) is 6.47. The van der Waals surface area contributed by atoms with E-state index in [1.165, 1.54) is 25.7 Å². The Balaban J connectivity index is 1.18. The van der Waals surface area contributed by atoms with E-state index in [1.807, 2.05) is 0 Å². The molecule has 34 heavy (non-hydrogen) atoms. The van der Waals surface area contributed by atoms with Crippen LogP contribution >= 0.6 is 22.6 Å². The first kappa shape index (κ1) is 27.5. The summed E-state index contributed by atoms with van der Waals surface area (Å²) in [6.45, 7) is 2.24. The molecule has 4 saturated carbocycles. The molecule has 0 N–H and O–H groups in total. The van der Waals surface area contributed by atoms with E-state index in [9.17, 15) is 8.78 Å². The highest BCUT2D eigenvalue weighted by Gasteiger charge is 2.45. The van der Waals surface area contributed by atoms with Gasteiger partial charge in [0.05, 0.1) is 0 Å². The molecule has 8 atom stereocenters. The Morgan fingerprint density at radius 3 is 1.59 bits per heavy atom. The monoisotopic (exact) mass is 598 g/mol. The van der Waals surface area contributed by atoms with E-state index in [4.69, 9.17) is 0 Å². The lowest BCUT2D eigenvalue weighted by Gasteiger charge is -2.42. The SMILES string of the molecule is CCCC1CCC(C2CCC(CCC3CCC(C4CCC(I)C(F)[C@@H]4F)CC3)[C@H](F)C2F)CC1. The van der Waals surface area contributed by atoms with Gasteiger partial charge in [0.15, 0.2) is 0 Å². The number of rotatable bonds is 7. The highest BCUT2D eigenvalue weighted by molar-refractivity contribution is 14.1. The highest BCUT2D eigenvalue weighted by atomic mass is 127. The van der Waals surface area contributed by atoms with Crippen LogP contribution in [-0.2, 0) is 0 Å². The van der Waals surface area contributed by atoms with Crippen LogP contribution in [0.25, 0.3) is 0 Å². The Bertz CT molecular complexity index is 601. The first-order chi connectivity index (χ1) is 16.4. The summed E-state index contributed by atoms with van der Waals surface area (Å²) >= 11 is 2.06. The number of hydrogen-bond acceptors (Lipinski definition) is 0. The topological polar surface area (TPSA) is 0 Å². The second-order valence-electron chi connectivity index (χ2n) is 12.5. The Morgan fingerprint density at radius 1 is 0.529 bits per heavy atom. The van der Waals surface area contributed by atoms with E-state index in [1.54, 1.807) is 0 Å². The fourth-order valence-electron chi connectivity index (χ4n) is 8.29. The fourth-order valence-corrected chi connectivity index (χ4v) is 9.05. The molecule has 4 rings (SSSR count). The van der Waals surface area contributed by atoms with E-state index in [0.717, 1.165) is 83.0 Å². The molecule has 0 nitrogen and oxygen atoms in total. The highest BCUT2D eigenvalue weighted by Crippen LogP contribution is 2.47. The van der Waals surface area contributed by atoms with Crippen molar-refractivity contribution in [3.63, 3.8) is 0 Å². The smallest absolute Gasteiger partial charge is 0.143 e. The van der Waals surface area contributed by atoms with Crippen LogP contribution in [0, 0.1) is 41.4 Å². The molecule has 0 heterocycles. The fraction of sp³-hybridized carbons (Fsp3) is 1.00. The zero-order valence-corrected chi connectivity index (χ0v) is 23.3. The van der Waals surface area contributed by atoms with Crippen LogP contribution in [0.1, 0.15) is 110 Å². The number of halogens is 5. The summed E-state index contributed by atoms with van der Waals surface area (Å²) in [6, 6.07) is 0. The summed E-state index contributed by atoms with van der Waals surface area (Å²) in [6.07, 6.45) is 11.1. The normalized spacial score (nSPS) is 48.5. The van der Waals surface area contributed by atoms with Gasteiger partial charge in [-0.3, -0.25) is 0 Å². The molecule has 4 aliphatic carbocycles. The van der Waals surface area contributed by atoms with E-state index < -0.39 is 24.7 Å². The van der Waals surface area contributed by atoms with Gasteiger partial charge in [-0.05, 0) is 99.2 Å². The van der Waals surface area contributed by atoms with Crippen LogP contribution < -0.4 is 0 Å². The lowest BCUT2D eigenvalue weighted by Crippen LogP contribution is -2.43. The Hall–Kier alpha value is 0.450. The molecule has 4 aliphatic rings. The quantitative estimate of drug-likeness (QED) is 0.156. The second kappa shape index (κ2) is 12.8. The van der Waals surface area contributed by atoms with Gasteiger partial charge < -0.3 is 0 Å². The van der Waals surface area contributed by atoms with Gasteiger partial charge in [0.1, 0.15) is 24.7 Å². The summed E-state index contributed by atoms with van der Waals surface area (Å²) in [5.41, 5.74) is 0. The van der Waals surface area contributed by atoms with Crippen LogP contribution in [0.4, 0.5) is 17.6 Å². The molecule has 4 fully saturated rings. The van der Waals surface area contributed by atoms with Crippen LogP contribution in [-0.4, -0.2) is 28.6 Å². The van der Waals surface area contributed by atoms with Crippen molar-refractivity contribution in [2.24, 2.45) is 41.4 Å². The average molecular weight is 599 g/mol. The first-order valence-corrected chi connectivity index (χ1v) is 15.8. The molecule has 0 aromatic carbocycles. The second-order valence-corrected chi connectivity index (χ2v) is 14.1. The number of alkyl halides is 5. The third-order valence-corrected chi connectivity index (χ3v) is 11.8. The standard InChI is InChI=1S/C29H47F4I/c1-2-3-18-4-9-20(10-5-18)23-15-14-22(26(30)27(23)31)13-8-19-6-11-21(12-7-19)24-16-17-25(34)29(33)28(24)32/h18-29H,2-17H2,1H3/t18?,19?,20?,21?,22?,23?,24?,25?,26-,27?,28+,29?/m0/s1. The summed E-state index contributed by atoms with van der Waals surface area (Å²) in [5.74, 6) is 1.76. The van der Waals surface area contributed by atoms with Gasteiger partial charge in [0.25, 0.3) is 0 Å². The largest absolute Gasteiger partial charge is 0.244 e. The molecule has 0 aliphatic heterocycles. The van der Waals surface area contributed by atoms with Gasteiger partial charge in [0.2, 0.25) is 0 Å². The Labute approximate surface area is 219 Å².